The number of H-pyrrole nitrogens is 1. The molecular weight excluding hydrogens is 360 g/mol. The van der Waals surface area contributed by atoms with Crippen molar-refractivity contribution < 1.29 is 4.79 Å². The zero-order chi connectivity index (χ0) is 18.4. The number of hydrogen-bond acceptors (Lipinski definition) is 6. The number of rotatable bonds is 2. The molecule has 0 unspecified atom stereocenters. The Labute approximate surface area is 159 Å². The maximum Gasteiger partial charge on any atom is 0.254 e. The highest BCUT2D eigenvalue weighted by atomic mass is 32.1. The van der Waals surface area contributed by atoms with Crippen molar-refractivity contribution in [3.8, 4) is 0 Å². The minimum absolute atomic E-state index is 0.0605. The molecule has 0 bridgehead atoms. The van der Waals surface area contributed by atoms with E-state index in [1.165, 1.54) is 4.88 Å². The lowest BCUT2D eigenvalue weighted by Gasteiger charge is -2.35. The summed E-state index contributed by atoms with van der Waals surface area (Å²) in [6, 6.07) is 7.75. The van der Waals surface area contributed by atoms with Gasteiger partial charge in [-0.25, -0.2) is 15.0 Å². The van der Waals surface area contributed by atoms with E-state index in [0.29, 0.717) is 18.7 Å². The summed E-state index contributed by atoms with van der Waals surface area (Å²) in [5, 5.41) is 1.10. The Morgan fingerprint density at radius 1 is 1.11 bits per heavy atom. The van der Waals surface area contributed by atoms with Crippen molar-refractivity contribution in [1.82, 2.24) is 24.8 Å². The highest BCUT2D eigenvalue weighted by molar-refractivity contribution is 7.18. The molecular formula is C19H18N6OS. The standard InChI is InChI=1S/C19H18N6OS/c1-12-8-14-17(22-11-23-18(14)27-12)24-4-6-25(7-5-24)19(26)13-2-3-15-16(9-13)21-10-20-15/h2-3,8-11H,4-7H2,1H3,(H,20,21). The van der Waals surface area contributed by atoms with Crippen molar-refractivity contribution in [1.29, 1.82) is 0 Å². The van der Waals surface area contributed by atoms with Gasteiger partial charge in [0.05, 0.1) is 22.7 Å². The molecule has 4 aromatic rings. The van der Waals surface area contributed by atoms with Crippen molar-refractivity contribution in [3.63, 3.8) is 0 Å². The number of carbonyl (C=O) groups excluding carboxylic acids is 1. The quantitative estimate of drug-likeness (QED) is 0.580. The number of amides is 1. The average molecular weight is 378 g/mol. The summed E-state index contributed by atoms with van der Waals surface area (Å²) in [6.07, 6.45) is 3.27. The largest absolute Gasteiger partial charge is 0.352 e. The Balaban J connectivity index is 1.34. The lowest BCUT2D eigenvalue weighted by Crippen LogP contribution is -2.49. The second-order valence-electron chi connectivity index (χ2n) is 6.69. The van der Waals surface area contributed by atoms with Crippen LogP contribution < -0.4 is 4.90 Å². The van der Waals surface area contributed by atoms with Gasteiger partial charge in [0.2, 0.25) is 0 Å². The van der Waals surface area contributed by atoms with Crippen molar-refractivity contribution in [3.05, 3.63) is 47.4 Å². The van der Waals surface area contributed by atoms with Crippen LogP contribution in [0.1, 0.15) is 15.2 Å². The minimum Gasteiger partial charge on any atom is -0.352 e. The number of aromatic nitrogens is 4. The first-order valence-electron chi connectivity index (χ1n) is 8.87. The van der Waals surface area contributed by atoms with Gasteiger partial charge in [0.25, 0.3) is 5.91 Å². The number of fused-ring (bicyclic) bond motifs is 2. The molecule has 0 radical (unpaired) electrons. The molecule has 1 aliphatic rings. The first-order valence-corrected chi connectivity index (χ1v) is 9.69. The fourth-order valence-corrected chi connectivity index (χ4v) is 4.43. The smallest absolute Gasteiger partial charge is 0.254 e. The van der Waals surface area contributed by atoms with Gasteiger partial charge in [-0.1, -0.05) is 0 Å². The third-order valence-corrected chi connectivity index (χ3v) is 5.92. The van der Waals surface area contributed by atoms with Crippen LogP contribution in [0.2, 0.25) is 0 Å². The molecule has 4 heterocycles. The highest BCUT2D eigenvalue weighted by Gasteiger charge is 2.24. The fourth-order valence-electron chi connectivity index (χ4n) is 3.59. The molecule has 1 fully saturated rings. The van der Waals surface area contributed by atoms with E-state index in [2.05, 4.69) is 37.8 Å². The molecule has 0 saturated carbocycles. The van der Waals surface area contributed by atoms with E-state index in [-0.39, 0.29) is 5.91 Å². The molecule has 1 N–H and O–H groups in total. The predicted molar refractivity (Wildman–Crippen MR) is 106 cm³/mol. The van der Waals surface area contributed by atoms with Crippen LogP contribution in [0.3, 0.4) is 0 Å². The second kappa shape index (κ2) is 6.31. The normalized spacial score (nSPS) is 15.0. The van der Waals surface area contributed by atoms with Gasteiger partial charge < -0.3 is 14.8 Å². The molecule has 1 aromatic carbocycles. The summed E-state index contributed by atoms with van der Waals surface area (Å²) in [5.74, 6) is 1.03. The van der Waals surface area contributed by atoms with Crippen LogP contribution >= 0.6 is 11.3 Å². The maximum absolute atomic E-state index is 12.9. The molecule has 1 amide bonds. The Kier molecular flexibility index (Phi) is 3.78. The Morgan fingerprint density at radius 2 is 1.96 bits per heavy atom. The van der Waals surface area contributed by atoms with Crippen LogP contribution in [0.25, 0.3) is 21.3 Å². The average Bonchev–Trinajstić information content (AvgIpc) is 3.31. The number of benzene rings is 1. The SMILES string of the molecule is Cc1cc2c(N3CCN(C(=O)c4ccc5nc[nH]c5c4)CC3)ncnc2s1. The molecule has 0 atom stereocenters. The molecule has 7 nitrogen and oxygen atoms in total. The van der Waals surface area contributed by atoms with Gasteiger partial charge in [-0.2, -0.15) is 0 Å². The van der Waals surface area contributed by atoms with Crippen LogP contribution in [0.4, 0.5) is 5.82 Å². The van der Waals surface area contributed by atoms with E-state index < -0.39 is 0 Å². The molecule has 1 aliphatic heterocycles. The molecule has 27 heavy (non-hydrogen) atoms. The Hall–Kier alpha value is -3.00. The summed E-state index contributed by atoms with van der Waals surface area (Å²) in [5.41, 5.74) is 2.45. The monoisotopic (exact) mass is 378 g/mol. The molecule has 136 valence electrons. The molecule has 0 aliphatic carbocycles. The van der Waals surface area contributed by atoms with Crippen molar-refractivity contribution in [2.24, 2.45) is 0 Å². The summed E-state index contributed by atoms with van der Waals surface area (Å²) in [7, 11) is 0. The van der Waals surface area contributed by atoms with E-state index in [0.717, 1.165) is 40.2 Å². The van der Waals surface area contributed by atoms with Crippen molar-refractivity contribution in [2.45, 2.75) is 6.92 Å². The zero-order valence-electron chi connectivity index (χ0n) is 14.8. The summed E-state index contributed by atoms with van der Waals surface area (Å²) in [4.78, 5) is 35.4. The van der Waals surface area contributed by atoms with E-state index in [9.17, 15) is 4.79 Å². The number of aryl methyl sites for hydroxylation is 1. The van der Waals surface area contributed by atoms with Crippen LogP contribution in [0.5, 0.6) is 0 Å². The summed E-state index contributed by atoms with van der Waals surface area (Å²) in [6.45, 7) is 4.96. The fraction of sp³-hybridized carbons (Fsp3) is 0.263. The number of nitrogens with one attached hydrogen (secondary N) is 1. The molecule has 0 spiro atoms. The number of piperazine rings is 1. The van der Waals surface area contributed by atoms with Gasteiger partial charge in [0, 0.05) is 36.6 Å². The van der Waals surface area contributed by atoms with E-state index in [1.54, 1.807) is 24.0 Å². The Bertz CT molecular complexity index is 1140. The molecule has 1 saturated heterocycles. The van der Waals surface area contributed by atoms with Gasteiger partial charge in [0.1, 0.15) is 17.0 Å². The minimum atomic E-state index is 0.0605. The second-order valence-corrected chi connectivity index (χ2v) is 7.92. The summed E-state index contributed by atoms with van der Waals surface area (Å²) >= 11 is 1.68. The van der Waals surface area contributed by atoms with Crippen molar-refractivity contribution >= 4 is 44.3 Å². The van der Waals surface area contributed by atoms with Crippen LogP contribution in [0, 0.1) is 6.92 Å². The summed E-state index contributed by atoms with van der Waals surface area (Å²) < 4.78 is 0. The van der Waals surface area contributed by atoms with Gasteiger partial charge in [-0.15, -0.1) is 11.3 Å². The first kappa shape index (κ1) is 16.2. The number of anilines is 1. The number of hydrogen-bond donors (Lipinski definition) is 1. The number of carbonyl (C=O) groups is 1. The lowest BCUT2D eigenvalue weighted by atomic mass is 10.1. The Morgan fingerprint density at radius 3 is 2.81 bits per heavy atom. The number of imidazole rings is 1. The number of thiophene rings is 1. The van der Waals surface area contributed by atoms with Gasteiger partial charge >= 0.3 is 0 Å². The van der Waals surface area contributed by atoms with E-state index in [1.807, 2.05) is 23.1 Å². The van der Waals surface area contributed by atoms with E-state index in [4.69, 9.17) is 0 Å². The highest BCUT2D eigenvalue weighted by Crippen LogP contribution is 2.30. The third kappa shape index (κ3) is 2.82. The van der Waals surface area contributed by atoms with Crippen LogP contribution in [-0.2, 0) is 0 Å². The predicted octanol–water partition coefficient (Wildman–Crippen LogP) is 2.84. The van der Waals surface area contributed by atoms with Crippen LogP contribution in [0.15, 0.2) is 36.9 Å². The molecule has 8 heteroatoms. The molecule has 3 aromatic heterocycles. The number of nitrogens with zero attached hydrogens (tertiary/aromatic N) is 5. The van der Waals surface area contributed by atoms with Gasteiger partial charge in [-0.3, -0.25) is 4.79 Å². The topological polar surface area (TPSA) is 78.0 Å². The first-order chi connectivity index (χ1) is 13.2. The zero-order valence-corrected chi connectivity index (χ0v) is 15.7. The third-order valence-electron chi connectivity index (χ3n) is 4.97. The lowest BCUT2D eigenvalue weighted by molar-refractivity contribution is 0.0747. The maximum atomic E-state index is 12.9. The van der Waals surface area contributed by atoms with Gasteiger partial charge in [-0.05, 0) is 31.2 Å². The number of aromatic amines is 1. The van der Waals surface area contributed by atoms with Crippen LogP contribution in [-0.4, -0.2) is 56.9 Å². The van der Waals surface area contributed by atoms with Gasteiger partial charge in [0.15, 0.2) is 0 Å². The van der Waals surface area contributed by atoms with E-state index >= 15 is 0 Å². The van der Waals surface area contributed by atoms with Crippen molar-refractivity contribution in [2.75, 3.05) is 31.1 Å². The molecule has 5 rings (SSSR count).